The van der Waals surface area contributed by atoms with Crippen LogP contribution < -0.4 is 15.8 Å². The molecule has 0 amide bonds. The quantitative estimate of drug-likeness (QED) is 0.463. The number of nitrogens with two attached hydrogens (primary N) is 1. The van der Waals surface area contributed by atoms with Crippen LogP contribution in [-0.4, -0.2) is 34.0 Å². The topological polar surface area (TPSA) is 91.1 Å². The Morgan fingerprint density at radius 2 is 1.94 bits per heavy atom. The maximum atomic E-state index is 6.34. The Labute approximate surface area is 196 Å². The van der Waals surface area contributed by atoms with E-state index in [0.717, 1.165) is 59.5 Å². The zero-order chi connectivity index (χ0) is 22.6. The summed E-state index contributed by atoms with van der Waals surface area (Å²) in [7, 11) is 0. The van der Waals surface area contributed by atoms with Crippen molar-refractivity contribution in [2.45, 2.75) is 30.9 Å². The summed E-state index contributed by atoms with van der Waals surface area (Å²) >= 11 is 0. The van der Waals surface area contributed by atoms with E-state index in [-0.39, 0.29) is 12.0 Å². The Hall–Kier alpha value is -3.84. The van der Waals surface area contributed by atoms with Crippen molar-refractivity contribution >= 4 is 16.8 Å². The van der Waals surface area contributed by atoms with Crippen LogP contribution >= 0.6 is 0 Å². The van der Waals surface area contributed by atoms with Gasteiger partial charge in [-0.25, -0.2) is 4.98 Å². The SMILES string of the molecule is Nc1ncc(-c2cnn(C3CCNCC3)c2)c2cc(-c3cccc4c3OC3C=CC=CC43)oc12. The van der Waals surface area contributed by atoms with Crippen LogP contribution in [0.25, 0.3) is 33.4 Å². The van der Waals surface area contributed by atoms with Gasteiger partial charge >= 0.3 is 0 Å². The molecule has 5 heterocycles. The van der Waals surface area contributed by atoms with Crippen molar-refractivity contribution in [1.82, 2.24) is 20.1 Å². The molecule has 3 aromatic heterocycles. The van der Waals surface area contributed by atoms with Gasteiger partial charge in [-0.15, -0.1) is 0 Å². The zero-order valence-corrected chi connectivity index (χ0v) is 18.6. The largest absolute Gasteiger partial charge is 0.484 e. The minimum absolute atomic E-state index is 0.0219. The van der Waals surface area contributed by atoms with Crippen LogP contribution in [0.3, 0.4) is 0 Å². The summed E-state index contributed by atoms with van der Waals surface area (Å²) in [4.78, 5) is 4.43. The van der Waals surface area contributed by atoms with Gasteiger partial charge in [0, 0.05) is 40.4 Å². The molecule has 0 radical (unpaired) electrons. The molecule has 1 aliphatic carbocycles. The number of hydrogen-bond acceptors (Lipinski definition) is 6. The fourth-order valence-electron chi connectivity index (χ4n) is 5.41. The summed E-state index contributed by atoms with van der Waals surface area (Å²) in [5.41, 5.74) is 10.9. The van der Waals surface area contributed by atoms with E-state index in [9.17, 15) is 0 Å². The number of hydrogen-bond donors (Lipinski definition) is 2. The highest BCUT2D eigenvalue weighted by Gasteiger charge is 2.34. The Balaban J connectivity index is 1.32. The molecule has 3 aliphatic rings. The smallest absolute Gasteiger partial charge is 0.177 e. The predicted octanol–water partition coefficient (Wildman–Crippen LogP) is 4.84. The number of anilines is 1. The molecular formula is C27H25N5O2. The number of furan rings is 1. The van der Waals surface area contributed by atoms with Crippen LogP contribution in [0.2, 0.25) is 0 Å². The summed E-state index contributed by atoms with van der Waals surface area (Å²) in [5, 5.41) is 9.01. The Morgan fingerprint density at radius 3 is 2.85 bits per heavy atom. The van der Waals surface area contributed by atoms with E-state index < -0.39 is 0 Å². The number of allylic oxidation sites excluding steroid dienone is 2. The van der Waals surface area contributed by atoms with Gasteiger partial charge in [0.15, 0.2) is 11.4 Å². The lowest BCUT2D eigenvalue weighted by Gasteiger charge is -2.22. The van der Waals surface area contributed by atoms with Gasteiger partial charge < -0.3 is 20.2 Å². The molecule has 1 fully saturated rings. The second-order valence-electron chi connectivity index (χ2n) is 9.20. The van der Waals surface area contributed by atoms with Gasteiger partial charge in [-0.1, -0.05) is 30.4 Å². The lowest BCUT2D eigenvalue weighted by atomic mass is 9.91. The van der Waals surface area contributed by atoms with Gasteiger partial charge in [0.25, 0.3) is 0 Å². The van der Waals surface area contributed by atoms with Crippen molar-refractivity contribution < 1.29 is 9.15 Å². The number of benzene rings is 1. The average molecular weight is 452 g/mol. The molecule has 7 nitrogen and oxygen atoms in total. The second-order valence-corrected chi connectivity index (χ2v) is 9.20. The van der Waals surface area contributed by atoms with Gasteiger partial charge in [-0.05, 0) is 44.1 Å². The molecule has 2 unspecified atom stereocenters. The molecule has 3 N–H and O–H groups in total. The molecule has 0 saturated carbocycles. The summed E-state index contributed by atoms with van der Waals surface area (Å²) in [6, 6.07) is 8.70. The predicted molar refractivity (Wildman–Crippen MR) is 132 cm³/mol. The van der Waals surface area contributed by atoms with E-state index in [1.807, 2.05) is 24.5 Å². The normalized spacial score (nSPS) is 21.5. The van der Waals surface area contributed by atoms with E-state index in [0.29, 0.717) is 17.4 Å². The number of pyridine rings is 1. The lowest BCUT2D eigenvalue weighted by molar-refractivity contribution is 0.269. The van der Waals surface area contributed by atoms with Crippen molar-refractivity contribution in [3.63, 3.8) is 0 Å². The molecule has 7 rings (SSSR count). The third-order valence-corrected chi connectivity index (χ3v) is 7.19. The number of fused-ring (bicyclic) bond motifs is 4. The van der Waals surface area contributed by atoms with Crippen molar-refractivity contribution in [2.75, 3.05) is 18.8 Å². The van der Waals surface area contributed by atoms with E-state index in [1.165, 1.54) is 5.56 Å². The number of para-hydroxylation sites is 1. The monoisotopic (exact) mass is 451 g/mol. The first-order valence-electron chi connectivity index (χ1n) is 11.8. The molecule has 7 heteroatoms. The fourth-order valence-corrected chi connectivity index (χ4v) is 5.41. The molecule has 1 saturated heterocycles. The van der Waals surface area contributed by atoms with Crippen molar-refractivity contribution in [1.29, 1.82) is 0 Å². The average Bonchev–Trinajstić information content (AvgIpc) is 3.62. The number of rotatable bonds is 3. The van der Waals surface area contributed by atoms with E-state index in [2.05, 4.69) is 62.7 Å². The van der Waals surface area contributed by atoms with Crippen molar-refractivity contribution in [3.05, 3.63) is 72.7 Å². The van der Waals surface area contributed by atoms with Gasteiger partial charge in [0.1, 0.15) is 17.6 Å². The van der Waals surface area contributed by atoms with E-state index >= 15 is 0 Å². The molecule has 0 bridgehead atoms. The Morgan fingerprint density at radius 1 is 1.06 bits per heavy atom. The van der Waals surface area contributed by atoms with Crippen LogP contribution in [0.15, 0.2) is 71.6 Å². The number of nitrogens with one attached hydrogen (secondary N) is 1. The fraction of sp³-hybridized carbons (Fsp3) is 0.259. The summed E-state index contributed by atoms with van der Waals surface area (Å²) < 4.78 is 14.7. The highest BCUT2D eigenvalue weighted by Crippen LogP contribution is 2.48. The highest BCUT2D eigenvalue weighted by molar-refractivity contribution is 6.00. The molecule has 4 aromatic rings. The van der Waals surface area contributed by atoms with Gasteiger partial charge in [0.2, 0.25) is 0 Å². The second kappa shape index (κ2) is 7.60. The minimum Gasteiger partial charge on any atom is -0.484 e. The first kappa shape index (κ1) is 19.6. The Kier molecular flexibility index (Phi) is 4.38. The summed E-state index contributed by atoms with van der Waals surface area (Å²) in [6.45, 7) is 2.05. The third-order valence-electron chi connectivity index (χ3n) is 7.19. The zero-order valence-electron chi connectivity index (χ0n) is 18.6. The van der Waals surface area contributed by atoms with Crippen LogP contribution in [0.5, 0.6) is 5.75 Å². The maximum Gasteiger partial charge on any atom is 0.177 e. The molecule has 0 spiro atoms. The molecule has 2 aliphatic heterocycles. The van der Waals surface area contributed by atoms with Crippen molar-refractivity contribution in [3.8, 4) is 28.2 Å². The summed E-state index contributed by atoms with van der Waals surface area (Å²) in [6.07, 6.45) is 16.4. The lowest BCUT2D eigenvalue weighted by Crippen LogP contribution is -2.29. The third kappa shape index (κ3) is 3.00. The molecule has 2 atom stereocenters. The number of piperidine rings is 1. The maximum absolute atomic E-state index is 6.34. The van der Waals surface area contributed by atoms with Crippen LogP contribution in [-0.2, 0) is 0 Å². The van der Waals surface area contributed by atoms with Crippen molar-refractivity contribution in [2.24, 2.45) is 0 Å². The summed E-state index contributed by atoms with van der Waals surface area (Å²) in [5.74, 6) is 2.21. The highest BCUT2D eigenvalue weighted by atomic mass is 16.5. The van der Waals surface area contributed by atoms with E-state index in [4.69, 9.17) is 14.9 Å². The van der Waals surface area contributed by atoms with Gasteiger partial charge in [0.05, 0.1) is 17.8 Å². The number of aromatic nitrogens is 3. The minimum atomic E-state index is 0.0219. The van der Waals surface area contributed by atoms with E-state index in [1.54, 1.807) is 0 Å². The van der Waals surface area contributed by atoms with Crippen LogP contribution in [0, 0.1) is 0 Å². The first-order valence-corrected chi connectivity index (χ1v) is 11.8. The van der Waals surface area contributed by atoms with Gasteiger partial charge in [-0.2, -0.15) is 5.10 Å². The Bertz CT molecular complexity index is 1460. The number of nitrogen functional groups attached to an aromatic ring is 1. The number of nitrogens with zero attached hydrogens (tertiary/aromatic N) is 3. The number of ether oxygens (including phenoxy) is 1. The first-order chi connectivity index (χ1) is 16.8. The molecule has 170 valence electrons. The molecule has 34 heavy (non-hydrogen) atoms. The standard InChI is InChI=1S/C27H25N5O2/c28-27-26-21(22(14-30-27)16-13-31-32(15-16)17-8-10-29-11-9-17)12-24(34-26)20-6-3-5-19-18-4-1-2-7-23(18)33-25(19)20/h1-7,12-15,17-18,23,29H,8-11H2,(H2,28,30). The molecule has 1 aromatic carbocycles. The molecular weight excluding hydrogens is 426 g/mol. The van der Waals surface area contributed by atoms with Gasteiger partial charge in [-0.3, -0.25) is 4.68 Å². The van der Waals surface area contributed by atoms with Crippen LogP contribution in [0.4, 0.5) is 5.82 Å². The van der Waals surface area contributed by atoms with Crippen LogP contribution in [0.1, 0.15) is 30.4 Å².